The number of ether oxygens (including phenoxy) is 2. The van der Waals surface area contributed by atoms with Crippen LogP contribution in [0, 0.1) is 5.92 Å². The molecule has 4 rings (SSSR count). The van der Waals surface area contributed by atoms with Crippen LogP contribution in [0.5, 0.6) is 17.2 Å². The van der Waals surface area contributed by atoms with Gasteiger partial charge in [-0.3, -0.25) is 14.4 Å². The van der Waals surface area contributed by atoms with Gasteiger partial charge in [-0.1, -0.05) is 29.8 Å². The molecule has 198 valence electrons. The zero-order valence-electron chi connectivity index (χ0n) is 20.7. The molecule has 8 nitrogen and oxygen atoms in total. The number of hydrogen-bond acceptors (Lipinski definition) is 5. The van der Waals surface area contributed by atoms with Gasteiger partial charge in [0.25, 0.3) is 11.8 Å². The summed E-state index contributed by atoms with van der Waals surface area (Å²) in [6.45, 7) is 0.489. The van der Waals surface area contributed by atoms with Gasteiger partial charge in [0.1, 0.15) is 17.2 Å². The van der Waals surface area contributed by atoms with E-state index >= 15 is 0 Å². The van der Waals surface area contributed by atoms with Crippen LogP contribution in [0.15, 0.2) is 72.8 Å². The largest absolute Gasteiger partial charge is 0.490 e. The number of carboxylic acids is 1. The number of benzene rings is 3. The Morgan fingerprint density at radius 1 is 0.789 bits per heavy atom. The number of rotatable bonds is 10. The Labute approximate surface area is 225 Å². The molecule has 0 saturated heterocycles. The summed E-state index contributed by atoms with van der Waals surface area (Å²) in [5, 5.41) is 15.0. The average Bonchev–Trinajstić information content (AvgIpc) is 2.93. The second kappa shape index (κ2) is 13.0. The van der Waals surface area contributed by atoms with Crippen LogP contribution >= 0.6 is 11.6 Å². The summed E-state index contributed by atoms with van der Waals surface area (Å²) >= 11 is 6.28. The van der Waals surface area contributed by atoms with Crippen molar-refractivity contribution in [3.63, 3.8) is 0 Å². The first-order valence-corrected chi connectivity index (χ1v) is 12.8. The average molecular weight is 537 g/mol. The van der Waals surface area contributed by atoms with Crippen molar-refractivity contribution in [3.05, 3.63) is 88.9 Å². The third-order valence-electron chi connectivity index (χ3n) is 6.30. The first-order valence-electron chi connectivity index (χ1n) is 12.5. The molecule has 3 aromatic rings. The summed E-state index contributed by atoms with van der Waals surface area (Å²) in [7, 11) is 0. The molecule has 3 N–H and O–H groups in total. The predicted octanol–water partition coefficient (Wildman–Crippen LogP) is 5.31. The number of hydrogen-bond donors (Lipinski definition) is 3. The monoisotopic (exact) mass is 536 g/mol. The minimum atomic E-state index is -0.744. The van der Waals surface area contributed by atoms with E-state index in [1.807, 2.05) is 30.3 Å². The molecule has 1 aliphatic rings. The summed E-state index contributed by atoms with van der Waals surface area (Å²) in [6.07, 6.45) is 2.60. The van der Waals surface area contributed by atoms with Crippen molar-refractivity contribution in [2.24, 2.45) is 5.92 Å². The van der Waals surface area contributed by atoms with Crippen LogP contribution in [-0.2, 0) is 4.79 Å². The lowest BCUT2D eigenvalue weighted by molar-refractivity contribution is -0.143. The summed E-state index contributed by atoms with van der Waals surface area (Å²) in [5.41, 5.74) is 0.854. The van der Waals surface area contributed by atoms with Crippen molar-refractivity contribution < 1.29 is 29.0 Å². The van der Waals surface area contributed by atoms with Gasteiger partial charge in [0.05, 0.1) is 17.0 Å². The van der Waals surface area contributed by atoms with E-state index in [1.165, 1.54) is 6.07 Å². The van der Waals surface area contributed by atoms with E-state index in [0.717, 1.165) is 0 Å². The summed E-state index contributed by atoms with van der Waals surface area (Å²) in [4.78, 5) is 36.0. The zero-order chi connectivity index (χ0) is 26.9. The maximum Gasteiger partial charge on any atom is 0.306 e. The predicted molar refractivity (Wildman–Crippen MR) is 143 cm³/mol. The van der Waals surface area contributed by atoms with E-state index in [0.29, 0.717) is 59.1 Å². The second-order valence-electron chi connectivity index (χ2n) is 9.03. The lowest BCUT2D eigenvalue weighted by Gasteiger charge is -2.26. The van der Waals surface area contributed by atoms with Gasteiger partial charge in [0, 0.05) is 24.2 Å². The molecule has 0 unspecified atom stereocenters. The van der Waals surface area contributed by atoms with Gasteiger partial charge in [-0.15, -0.1) is 0 Å². The van der Waals surface area contributed by atoms with Crippen molar-refractivity contribution in [1.29, 1.82) is 0 Å². The third kappa shape index (κ3) is 7.49. The molecule has 9 heteroatoms. The first-order chi connectivity index (χ1) is 18.4. The number of halogens is 1. The van der Waals surface area contributed by atoms with Crippen molar-refractivity contribution in [2.45, 2.75) is 31.8 Å². The van der Waals surface area contributed by atoms with E-state index in [4.69, 9.17) is 26.2 Å². The normalized spacial score (nSPS) is 16.8. The number of carbonyl (C=O) groups excluding carboxylic acids is 2. The molecular formula is C29H29ClN2O6. The highest BCUT2D eigenvalue weighted by molar-refractivity contribution is 6.32. The number of para-hydroxylation sites is 1. The molecule has 38 heavy (non-hydrogen) atoms. The van der Waals surface area contributed by atoms with Crippen LogP contribution < -0.4 is 20.1 Å². The molecule has 1 fully saturated rings. The van der Waals surface area contributed by atoms with Crippen LogP contribution in [0.1, 0.15) is 46.4 Å². The standard InChI is InChI=1S/C29H29ClN2O6/c30-25-18-21(10-15-26(25)38-22-4-2-1-3-5-22)28(34)32-17-16-31-27(33)19-6-11-23(12-7-19)37-24-13-8-20(9-14-24)29(35)36/h1-7,10-12,15,18,20,24H,8-9,13-14,16-17H2,(H,31,33)(H,32,34)(H,35,36)/t20-,24+. The first kappa shape index (κ1) is 27.0. The fraction of sp³-hybridized carbons (Fsp3) is 0.276. The highest BCUT2D eigenvalue weighted by Gasteiger charge is 2.26. The number of carboxylic acid groups (broad SMARTS) is 1. The van der Waals surface area contributed by atoms with Crippen molar-refractivity contribution in [1.82, 2.24) is 10.6 Å². The van der Waals surface area contributed by atoms with Gasteiger partial charge in [-0.2, -0.15) is 0 Å². The van der Waals surface area contributed by atoms with Crippen LogP contribution in [0.25, 0.3) is 0 Å². The highest BCUT2D eigenvalue weighted by atomic mass is 35.5. The summed E-state index contributed by atoms with van der Waals surface area (Å²) in [6, 6.07) is 20.8. The zero-order valence-corrected chi connectivity index (χ0v) is 21.4. The Balaban J connectivity index is 1.18. The Bertz CT molecular complexity index is 1260. The Morgan fingerprint density at radius 3 is 2.00 bits per heavy atom. The van der Waals surface area contributed by atoms with Gasteiger partial charge in [-0.25, -0.2) is 0 Å². The lowest BCUT2D eigenvalue weighted by Crippen LogP contribution is -2.34. The SMILES string of the molecule is O=C(NCCNC(=O)c1ccc(Oc2ccccc2)c(Cl)c1)c1ccc(O[C@H]2CC[C@@H](C(=O)O)CC2)cc1. The number of aliphatic carboxylic acids is 1. The van der Waals surface area contributed by atoms with Gasteiger partial charge >= 0.3 is 5.97 Å². The Morgan fingerprint density at radius 2 is 1.39 bits per heavy atom. The molecule has 1 aliphatic carbocycles. The molecule has 0 bridgehead atoms. The summed E-state index contributed by atoms with van der Waals surface area (Å²) in [5.74, 6) is 0.124. The topological polar surface area (TPSA) is 114 Å². The lowest BCUT2D eigenvalue weighted by atomic mass is 9.87. The molecule has 0 atom stereocenters. The fourth-order valence-corrected chi connectivity index (χ4v) is 4.42. The van der Waals surface area contributed by atoms with Gasteiger partial charge in [0.15, 0.2) is 0 Å². The van der Waals surface area contributed by atoms with E-state index in [-0.39, 0.29) is 36.9 Å². The second-order valence-corrected chi connectivity index (χ2v) is 9.43. The number of amides is 2. The van der Waals surface area contributed by atoms with Crippen LogP contribution in [-0.4, -0.2) is 42.1 Å². The number of nitrogens with one attached hydrogen (secondary N) is 2. The number of carbonyl (C=O) groups is 3. The van der Waals surface area contributed by atoms with Crippen molar-refractivity contribution in [3.8, 4) is 17.2 Å². The van der Waals surface area contributed by atoms with E-state index < -0.39 is 5.97 Å². The Kier molecular flexibility index (Phi) is 9.21. The van der Waals surface area contributed by atoms with E-state index in [2.05, 4.69) is 10.6 Å². The van der Waals surface area contributed by atoms with Crippen LogP contribution in [0.2, 0.25) is 5.02 Å². The molecule has 2 amide bonds. The quantitative estimate of drug-likeness (QED) is 0.302. The van der Waals surface area contributed by atoms with Gasteiger partial charge < -0.3 is 25.2 Å². The van der Waals surface area contributed by atoms with Gasteiger partial charge in [0.2, 0.25) is 0 Å². The highest BCUT2D eigenvalue weighted by Crippen LogP contribution is 2.30. The molecule has 0 aromatic heterocycles. The molecule has 1 saturated carbocycles. The molecular weight excluding hydrogens is 508 g/mol. The fourth-order valence-electron chi connectivity index (χ4n) is 4.20. The van der Waals surface area contributed by atoms with Gasteiger partial charge in [-0.05, 0) is 80.3 Å². The molecule has 0 spiro atoms. The molecule has 0 aliphatic heterocycles. The molecule has 0 radical (unpaired) electrons. The summed E-state index contributed by atoms with van der Waals surface area (Å²) < 4.78 is 11.7. The molecule has 3 aromatic carbocycles. The van der Waals surface area contributed by atoms with E-state index in [9.17, 15) is 14.4 Å². The third-order valence-corrected chi connectivity index (χ3v) is 6.60. The molecule has 0 heterocycles. The maximum atomic E-state index is 12.5. The van der Waals surface area contributed by atoms with E-state index in [1.54, 1.807) is 36.4 Å². The van der Waals surface area contributed by atoms with Crippen LogP contribution in [0.4, 0.5) is 0 Å². The van der Waals surface area contributed by atoms with Crippen molar-refractivity contribution >= 4 is 29.4 Å². The van der Waals surface area contributed by atoms with Crippen molar-refractivity contribution in [2.75, 3.05) is 13.1 Å². The minimum absolute atomic E-state index is 0.0173. The van der Waals surface area contributed by atoms with Crippen LogP contribution in [0.3, 0.4) is 0 Å². The smallest absolute Gasteiger partial charge is 0.306 e. The minimum Gasteiger partial charge on any atom is -0.490 e. The maximum absolute atomic E-state index is 12.5. The Hall–Kier alpha value is -4.04.